The van der Waals surface area contributed by atoms with Gasteiger partial charge in [0.25, 0.3) is 0 Å². The van der Waals surface area contributed by atoms with Gasteiger partial charge in [0.1, 0.15) is 11.3 Å². The van der Waals surface area contributed by atoms with Crippen LogP contribution in [0.3, 0.4) is 0 Å². The molecule has 1 aromatic heterocycles. The Hall–Kier alpha value is -2.88. The van der Waals surface area contributed by atoms with Gasteiger partial charge in [-0.3, -0.25) is 0 Å². The number of nitrogens with one attached hydrogen (secondary N) is 2. The second-order valence-corrected chi connectivity index (χ2v) is 8.99. The second kappa shape index (κ2) is 8.47. The van der Waals surface area contributed by atoms with E-state index in [1.807, 2.05) is 37.3 Å². The van der Waals surface area contributed by atoms with Crippen LogP contribution in [0.15, 0.2) is 63.9 Å². The molecule has 8 nitrogen and oxygen atoms in total. The number of hydrogen-bond acceptors (Lipinski definition) is 5. The molecule has 1 atom stereocenters. The maximum Gasteiger partial charge on any atom is 0.319 e. The number of sulfonamides is 1. The molecule has 2 N–H and O–H groups in total. The molecule has 0 spiro atoms. The number of hydrogen-bond donors (Lipinski definition) is 2. The Morgan fingerprint density at radius 2 is 1.83 bits per heavy atom. The van der Waals surface area contributed by atoms with Gasteiger partial charge >= 0.3 is 6.03 Å². The minimum Gasteiger partial charge on any atom is -0.459 e. The lowest BCUT2D eigenvalue weighted by molar-refractivity contribution is 0.0730. The molecular formula is C21H23N3O5S. The number of rotatable bonds is 5. The first kappa shape index (κ1) is 20.4. The van der Waals surface area contributed by atoms with Crippen molar-refractivity contribution in [2.24, 2.45) is 0 Å². The molecule has 1 aliphatic rings. The lowest BCUT2D eigenvalue weighted by Crippen LogP contribution is -2.40. The molecule has 0 aliphatic carbocycles. The van der Waals surface area contributed by atoms with Crippen molar-refractivity contribution in [3.05, 3.63) is 60.4 Å². The quantitative estimate of drug-likeness (QED) is 0.648. The van der Waals surface area contributed by atoms with Crippen molar-refractivity contribution in [1.82, 2.24) is 9.62 Å². The van der Waals surface area contributed by atoms with E-state index in [9.17, 15) is 13.2 Å². The van der Waals surface area contributed by atoms with Crippen LogP contribution in [0.2, 0.25) is 0 Å². The maximum absolute atomic E-state index is 12.8. The third-order valence-electron chi connectivity index (χ3n) is 4.92. The molecule has 1 saturated heterocycles. The number of amides is 2. The van der Waals surface area contributed by atoms with Crippen molar-refractivity contribution < 1.29 is 22.4 Å². The van der Waals surface area contributed by atoms with E-state index in [4.69, 9.17) is 9.15 Å². The third-order valence-corrected chi connectivity index (χ3v) is 6.81. The number of para-hydroxylation sites is 1. The summed E-state index contributed by atoms with van der Waals surface area (Å²) in [5.41, 5.74) is 1.14. The fraction of sp³-hybridized carbons (Fsp3) is 0.286. The molecule has 9 heteroatoms. The Bertz CT molecular complexity index is 1120. The summed E-state index contributed by atoms with van der Waals surface area (Å²) in [7, 11) is -3.63. The van der Waals surface area contributed by atoms with Gasteiger partial charge in [0.15, 0.2) is 0 Å². The van der Waals surface area contributed by atoms with Crippen LogP contribution in [0.5, 0.6) is 0 Å². The van der Waals surface area contributed by atoms with Crippen molar-refractivity contribution in [2.75, 3.05) is 31.6 Å². The molecule has 2 heterocycles. The van der Waals surface area contributed by atoms with Gasteiger partial charge in [-0.05, 0) is 37.3 Å². The number of anilines is 1. The van der Waals surface area contributed by atoms with Crippen LogP contribution in [-0.2, 0) is 14.8 Å². The van der Waals surface area contributed by atoms with Gasteiger partial charge in [0.2, 0.25) is 10.0 Å². The number of urea groups is 1. The summed E-state index contributed by atoms with van der Waals surface area (Å²) < 4.78 is 38.0. The van der Waals surface area contributed by atoms with Crippen molar-refractivity contribution >= 4 is 32.7 Å². The minimum atomic E-state index is -3.63. The van der Waals surface area contributed by atoms with E-state index < -0.39 is 16.1 Å². The van der Waals surface area contributed by atoms with Gasteiger partial charge < -0.3 is 19.8 Å². The fourth-order valence-electron chi connectivity index (χ4n) is 3.32. The number of carbonyl (C=O) groups excluding carboxylic acids is 1. The van der Waals surface area contributed by atoms with Gasteiger partial charge in [-0.25, -0.2) is 13.2 Å². The monoisotopic (exact) mass is 429 g/mol. The van der Waals surface area contributed by atoms with E-state index in [0.717, 1.165) is 11.0 Å². The van der Waals surface area contributed by atoms with Crippen LogP contribution >= 0.6 is 0 Å². The molecule has 0 unspecified atom stereocenters. The van der Waals surface area contributed by atoms with E-state index in [2.05, 4.69) is 10.6 Å². The van der Waals surface area contributed by atoms with E-state index >= 15 is 0 Å². The number of nitrogens with zero attached hydrogens (tertiary/aromatic N) is 1. The predicted octanol–water partition coefficient (Wildman–Crippen LogP) is 3.34. The largest absolute Gasteiger partial charge is 0.459 e. The van der Waals surface area contributed by atoms with Gasteiger partial charge in [-0.15, -0.1) is 0 Å². The van der Waals surface area contributed by atoms with E-state index in [0.29, 0.717) is 37.8 Å². The number of furan rings is 1. The van der Waals surface area contributed by atoms with Crippen LogP contribution < -0.4 is 10.6 Å². The van der Waals surface area contributed by atoms with E-state index in [1.54, 1.807) is 12.1 Å². The Morgan fingerprint density at radius 1 is 1.07 bits per heavy atom. The fourth-order valence-corrected chi connectivity index (χ4v) is 4.78. The summed E-state index contributed by atoms with van der Waals surface area (Å²) in [5.74, 6) is 0.634. The molecule has 158 valence electrons. The summed E-state index contributed by atoms with van der Waals surface area (Å²) in [6, 6.07) is 14.9. The van der Waals surface area contributed by atoms with Crippen LogP contribution in [0.4, 0.5) is 10.5 Å². The lowest BCUT2D eigenvalue weighted by atomic mass is 10.2. The van der Waals surface area contributed by atoms with Gasteiger partial charge in [0.05, 0.1) is 24.2 Å². The summed E-state index contributed by atoms with van der Waals surface area (Å²) in [4.78, 5) is 12.6. The molecule has 1 aliphatic heterocycles. The number of ether oxygens (including phenoxy) is 1. The standard InChI is InChI=1S/C21H23N3O5S/c1-15(20-13-16-5-2-3-8-19(16)29-20)22-21(25)23-17-6-4-7-18(14-17)30(26,27)24-9-11-28-12-10-24/h2-8,13-15H,9-12H2,1H3,(H2,22,23,25)/t15-/m0/s1. The second-order valence-electron chi connectivity index (χ2n) is 7.05. The van der Waals surface area contributed by atoms with Gasteiger partial charge in [-0.2, -0.15) is 4.31 Å². The summed E-state index contributed by atoms with van der Waals surface area (Å²) in [6.45, 7) is 3.19. The Labute approximate surface area is 174 Å². The normalized spacial score (nSPS) is 16.3. The highest BCUT2D eigenvalue weighted by atomic mass is 32.2. The molecule has 2 aromatic carbocycles. The summed E-state index contributed by atoms with van der Waals surface area (Å²) in [5, 5.41) is 6.46. The number of fused-ring (bicyclic) bond motifs is 1. The van der Waals surface area contributed by atoms with Gasteiger partial charge in [-0.1, -0.05) is 24.3 Å². The maximum atomic E-state index is 12.8. The molecule has 3 aromatic rings. The zero-order chi connectivity index (χ0) is 21.1. The highest BCUT2D eigenvalue weighted by Crippen LogP contribution is 2.24. The van der Waals surface area contributed by atoms with Crippen molar-refractivity contribution in [3.8, 4) is 0 Å². The Morgan fingerprint density at radius 3 is 2.60 bits per heavy atom. The minimum absolute atomic E-state index is 0.132. The number of carbonyl (C=O) groups is 1. The van der Waals surface area contributed by atoms with Crippen LogP contribution in [0.25, 0.3) is 11.0 Å². The number of benzene rings is 2. The van der Waals surface area contributed by atoms with Crippen molar-refractivity contribution in [3.63, 3.8) is 0 Å². The smallest absolute Gasteiger partial charge is 0.319 e. The molecular weight excluding hydrogens is 406 g/mol. The highest BCUT2D eigenvalue weighted by molar-refractivity contribution is 7.89. The van der Waals surface area contributed by atoms with Gasteiger partial charge in [0, 0.05) is 24.2 Å². The SMILES string of the molecule is C[C@H](NC(=O)Nc1cccc(S(=O)(=O)N2CCOCC2)c1)c1cc2ccccc2o1. The topological polar surface area (TPSA) is 101 Å². The first-order valence-electron chi connectivity index (χ1n) is 9.67. The molecule has 30 heavy (non-hydrogen) atoms. The van der Waals surface area contributed by atoms with Crippen LogP contribution in [0, 0.1) is 0 Å². The highest BCUT2D eigenvalue weighted by Gasteiger charge is 2.26. The first-order valence-corrected chi connectivity index (χ1v) is 11.1. The summed E-state index contributed by atoms with van der Waals surface area (Å²) in [6.07, 6.45) is 0. The molecule has 0 saturated carbocycles. The van der Waals surface area contributed by atoms with E-state index in [-0.39, 0.29) is 10.9 Å². The van der Waals surface area contributed by atoms with Crippen LogP contribution in [0.1, 0.15) is 18.7 Å². The lowest BCUT2D eigenvalue weighted by Gasteiger charge is -2.26. The molecule has 0 radical (unpaired) electrons. The summed E-state index contributed by atoms with van der Waals surface area (Å²) >= 11 is 0. The third kappa shape index (κ3) is 4.33. The van der Waals surface area contributed by atoms with E-state index in [1.165, 1.54) is 16.4 Å². The molecule has 1 fully saturated rings. The van der Waals surface area contributed by atoms with Crippen molar-refractivity contribution in [1.29, 1.82) is 0 Å². The average molecular weight is 429 g/mol. The molecule has 0 bridgehead atoms. The number of morpholine rings is 1. The Balaban J connectivity index is 1.43. The molecule has 4 rings (SSSR count). The zero-order valence-corrected chi connectivity index (χ0v) is 17.3. The average Bonchev–Trinajstić information content (AvgIpc) is 3.19. The predicted molar refractivity (Wildman–Crippen MR) is 113 cm³/mol. The Kier molecular flexibility index (Phi) is 5.76. The zero-order valence-electron chi connectivity index (χ0n) is 16.5. The van der Waals surface area contributed by atoms with Crippen LogP contribution in [-0.4, -0.2) is 45.1 Å². The first-order chi connectivity index (χ1) is 14.4. The molecule has 2 amide bonds. The van der Waals surface area contributed by atoms with Crippen molar-refractivity contribution in [2.45, 2.75) is 17.9 Å².